The molecule has 0 bridgehead atoms. The lowest BCUT2D eigenvalue weighted by Crippen LogP contribution is -2.17. The number of nitrogens with zero attached hydrogens (tertiary/aromatic N) is 1. The summed E-state index contributed by atoms with van der Waals surface area (Å²) in [5.41, 5.74) is 5.79. The Morgan fingerprint density at radius 2 is 1.92 bits per heavy atom. The first-order valence-electron chi connectivity index (χ1n) is 13.7. The Morgan fingerprint density at radius 3 is 2.67 bits per heavy atom. The van der Waals surface area contributed by atoms with Crippen molar-refractivity contribution in [2.45, 2.75) is 59.3 Å². The van der Waals surface area contributed by atoms with Crippen molar-refractivity contribution in [3.63, 3.8) is 0 Å². The Morgan fingerprint density at radius 1 is 1.13 bits per heavy atom. The fraction of sp³-hybridized carbons (Fsp3) is 0.344. The number of amides is 1. The van der Waals surface area contributed by atoms with Gasteiger partial charge in [-0.15, -0.1) is 11.3 Å². The van der Waals surface area contributed by atoms with Gasteiger partial charge in [0.2, 0.25) is 0 Å². The van der Waals surface area contributed by atoms with Crippen LogP contribution in [0.5, 0.6) is 0 Å². The monoisotopic (exact) mass is 604 g/mol. The normalized spacial score (nSPS) is 14.7. The molecule has 0 saturated carbocycles. The van der Waals surface area contributed by atoms with Gasteiger partial charge in [0.1, 0.15) is 5.00 Å². The minimum atomic E-state index is -0.369. The van der Waals surface area contributed by atoms with E-state index in [4.69, 9.17) is 9.72 Å². The summed E-state index contributed by atoms with van der Waals surface area (Å²) in [5.74, 6) is -0.0864. The van der Waals surface area contributed by atoms with Gasteiger partial charge in [-0.2, -0.15) is 0 Å². The predicted octanol–water partition coefficient (Wildman–Crippen LogP) is 8.62. The number of rotatable bonds is 8. The summed E-state index contributed by atoms with van der Waals surface area (Å²) in [6.07, 6.45) is 6.12. The number of unbranched alkanes of at least 4 members (excludes halogenated alkanes) is 1. The first kappa shape index (κ1) is 27.5. The van der Waals surface area contributed by atoms with E-state index in [0.29, 0.717) is 22.0 Å². The Hall–Kier alpha value is -3.03. The van der Waals surface area contributed by atoms with Crippen LogP contribution in [0.4, 0.5) is 5.00 Å². The Bertz CT molecular complexity index is 1530. The molecule has 0 saturated heterocycles. The molecule has 1 aliphatic carbocycles. The van der Waals surface area contributed by atoms with Crippen molar-refractivity contribution in [3.05, 3.63) is 80.1 Å². The molecule has 2 heterocycles. The number of nitrogens with one attached hydrogen (secondary N) is 1. The molecule has 0 radical (unpaired) electrons. The number of hydrogen-bond donors (Lipinski definition) is 1. The molecule has 202 valence electrons. The van der Waals surface area contributed by atoms with Crippen molar-refractivity contribution in [2.75, 3.05) is 11.9 Å². The topological polar surface area (TPSA) is 68.3 Å². The molecule has 1 amide bonds. The van der Waals surface area contributed by atoms with E-state index in [2.05, 4.69) is 59.4 Å². The standard InChI is InChI=1S/C32H33BrN2O3S/c1-4-6-7-20-9-11-21(12-10-20)27-18-25(24-17-22(33)13-15-26(24)34-27)30(36)35-31-29(32(37)38-5-2)23-14-8-19(3)16-28(23)39-31/h9-13,15,17-19H,4-8,14,16H2,1-3H3,(H,35,36). The highest BCUT2D eigenvalue weighted by Gasteiger charge is 2.29. The molecule has 1 unspecified atom stereocenters. The third-order valence-electron chi connectivity index (χ3n) is 7.30. The number of hydrogen-bond acceptors (Lipinski definition) is 5. The Balaban J connectivity index is 1.55. The highest BCUT2D eigenvalue weighted by molar-refractivity contribution is 9.10. The fourth-order valence-corrected chi connectivity index (χ4v) is 6.94. The molecule has 2 aromatic heterocycles. The van der Waals surface area contributed by atoms with Crippen LogP contribution < -0.4 is 5.32 Å². The number of pyridine rings is 1. The largest absolute Gasteiger partial charge is 0.462 e. The van der Waals surface area contributed by atoms with Crippen molar-refractivity contribution >= 4 is 55.0 Å². The number of fused-ring (bicyclic) bond motifs is 2. The van der Waals surface area contributed by atoms with Crippen LogP contribution in [0.1, 0.15) is 76.8 Å². The van der Waals surface area contributed by atoms with Gasteiger partial charge in [-0.3, -0.25) is 4.79 Å². The summed E-state index contributed by atoms with van der Waals surface area (Å²) in [5, 5.41) is 4.41. The summed E-state index contributed by atoms with van der Waals surface area (Å²) in [6.45, 7) is 6.51. The number of esters is 1. The fourth-order valence-electron chi connectivity index (χ4n) is 5.19. The molecule has 0 aliphatic heterocycles. The molecule has 5 nitrogen and oxygen atoms in total. The van der Waals surface area contributed by atoms with E-state index in [1.807, 2.05) is 24.3 Å². The van der Waals surface area contributed by atoms with Crippen LogP contribution in [0, 0.1) is 5.92 Å². The average Bonchev–Trinajstić information content (AvgIpc) is 3.28. The number of aromatic nitrogens is 1. The van der Waals surface area contributed by atoms with Gasteiger partial charge >= 0.3 is 5.97 Å². The zero-order valence-electron chi connectivity index (χ0n) is 22.6. The molecule has 1 atom stereocenters. The van der Waals surface area contributed by atoms with Crippen LogP contribution in [0.3, 0.4) is 0 Å². The minimum Gasteiger partial charge on any atom is -0.462 e. The summed E-state index contributed by atoms with van der Waals surface area (Å²) < 4.78 is 6.27. The van der Waals surface area contributed by atoms with Gasteiger partial charge < -0.3 is 10.1 Å². The Kier molecular flexibility index (Phi) is 8.48. The third-order valence-corrected chi connectivity index (χ3v) is 8.97. The maximum atomic E-state index is 13.9. The van der Waals surface area contributed by atoms with Crippen LogP contribution in [0.25, 0.3) is 22.2 Å². The number of carbonyl (C=O) groups is 2. The number of aryl methyl sites for hydroxylation is 1. The van der Waals surface area contributed by atoms with Gasteiger partial charge in [0, 0.05) is 20.3 Å². The molecule has 0 fully saturated rings. The van der Waals surface area contributed by atoms with Crippen molar-refractivity contribution in [1.82, 2.24) is 4.98 Å². The molecule has 1 N–H and O–H groups in total. The highest BCUT2D eigenvalue weighted by Crippen LogP contribution is 2.40. The molecule has 2 aromatic carbocycles. The molecule has 0 spiro atoms. The van der Waals surface area contributed by atoms with Crippen molar-refractivity contribution < 1.29 is 14.3 Å². The molecule has 7 heteroatoms. The third kappa shape index (κ3) is 5.94. The van der Waals surface area contributed by atoms with Crippen LogP contribution >= 0.6 is 27.3 Å². The minimum absolute atomic E-state index is 0.265. The van der Waals surface area contributed by atoms with Gasteiger partial charge in [-0.25, -0.2) is 9.78 Å². The zero-order valence-corrected chi connectivity index (χ0v) is 25.0. The molecular weight excluding hydrogens is 572 g/mol. The SMILES string of the molecule is CCCCc1ccc(-c2cc(C(=O)Nc3sc4c(c3C(=O)OCC)CCC(C)C4)c3cc(Br)ccc3n2)cc1. The second-order valence-electron chi connectivity index (χ2n) is 10.2. The van der Waals surface area contributed by atoms with Crippen molar-refractivity contribution in [1.29, 1.82) is 0 Å². The Labute approximate surface area is 242 Å². The van der Waals surface area contributed by atoms with Crippen LogP contribution in [-0.2, 0) is 24.0 Å². The number of anilines is 1. The van der Waals surface area contributed by atoms with Crippen molar-refractivity contribution in [2.24, 2.45) is 5.92 Å². The van der Waals surface area contributed by atoms with E-state index >= 15 is 0 Å². The molecule has 4 aromatic rings. The maximum absolute atomic E-state index is 13.9. The molecule has 5 rings (SSSR count). The second kappa shape index (κ2) is 12.0. The molecule has 1 aliphatic rings. The molecular formula is C32H33BrN2O3S. The lowest BCUT2D eigenvalue weighted by molar-refractivity contribution is 0.0526. The maximum Gasteiger partial charge on any atom is 0.341 e. The second-order valence-corrected chi connectivity index (χ2v) is 12.3. The van der Waals surface area contributed by atoms with Gasteiger partial charge in [-0.1, -0.05) is 60.5 Å². The first-order chi connectivity index (χ1) is 18.9. The number of ether oxygens (including phenoxy) is 1. The number of benzene rings is 2. The van der Waals surface area contributed by atoms with Gasteiger partial charge in [0.15, 0.2) is 0 Å². The van der Waals surface area contributed by atoms with Crippen LogP contribution in [-0.4, -0.2) is 23.5 Å². The van der Waals surface area contributed by atoms with Gasteiger partial charge in [0.25, 0.3) is 5.91 Å². The smallest absolute Gasteiger partial charge is 0.341 e. The van der Waals surface area contributed by atoms with E-state index in [1.165, 1.54) is 21.8 Å². The lowest BCUT2D eigenvalue weighted by atomic mass is 9.88. The first-order valence-corrected chi connectivity index (χ1v) is 15.3. The van der Waals surface area contributed by atoms with E-state index in [9.17, 15) is 9.59 Å². The highest BCUT2D eigenvalue weighted by atomic mass is 79.9. The van der Waals surface area contributed by atoms with E-state index in [0.717, 1.165) is 70.7 Å². The number of thiophene rings is 1. The summed E-state index contributed by atoms with van der Waals surface area (Å²) in [4.78, 5) is 33.0. The number of halogens is 1. The molecule has 39 heavy (non-hydrogen) atoms. The average molecular weight is 606 g/mol. The zero-order chi connectivity index (χ0) is 27.5. The van der Waals surface area contributed by atoms with Crippen molar-refractivity contribution in [3.8, 4) is 11.3 Å². The summed E-state index contributed by atoms with van der Waals surface area (Å²) in [7, 11) is 0. The number of carbonyl (C=O) groups excluding carboxylic acids is 2. The van der Waals surface area contributed by atoms with Gasteiger partial charge in [-0.05, 0) is 80.3 Å². The van der Waals surface area contributed by atoms with E-state index in [1.54, 1.807) is 6.92 Å². The van der Waals surface area contributed by atoms with Crippen LogP contribution in [0.15, 0.2) is 53.0 Å². The summed E-state index contributed by atoms with van der Waals surface area (Å²) in [6, 6.07) is 16.1. The quantitative estimate of drug-likeness (QED) is 0.204. The van der Waals surface area contributed by atoms with E-state index < -0.39 is 0 Å². The van der Waals surface area contributed by atoms with E-state index in [-0.39, 0.29) is 18.5 Å². The van der Waals surface area contributed by atoms with Crippen LogP contribution in [0.2, 0.25) is 0 Å². The predicted molar refractivity (Wildman–Crippen MR) is 163 cm³/mol. The lowest BCUT2D eigenvalue weighted by Gasteiger charge is -2.18. The summed E-state index contributed by atoms with van der Waals surface area (Å²) >= 11 is 5.05. The van der Waals surface area contributed by atoms with Gasteiger partial charge in [0.05, 0.1) is 28.9 Å².